The highest BCUT2D eigenvalue weighted by Gasteiger charge is 2.41. The summed E-state index contributed by atoms with van der Waals surface area (Å²) in [6.07, 6.45) is 4.61. The van der Waals surface area contributed by atoms with E-state index in [1.165, 1.54) is 4.90 Å². The number of para-hydroxylation sites is 1. The summed E-state index contributed by atoms with van der Waals surface area (Å²) in [5.74, 6) is -0.367. The van der Waals surface area contributed by atoms with Crippen LogP contribution in [0.4, 0.5) is 5.69 Å². The van der Waals surface area contributed by atoms with Crippen LogP contribution in [0, 0.1) is 0 Å². The smallest absolute Gasteiger partial charge is 0.251 e. The number of carbonyl (C=O) groups is 2. The minimum absolute atomic E-state index is 0.0416. The fourth-order valence-electron chi connectivity index (χ4n) is 4.32. The molecule has 3 N–H and O–H groups in total. The van der Waals surface area contributed by atoms with Gasteiger partial charge in [-0.15, -0.1) is 0 Å². The molecule has 1 unspecified atom stereocenters. The number of hydrogen-bond donors (Lipinski definition) is 3. The van der Waals surface area contributed by atoms with Gasteiger partial charge in [0.1, 0.15) is 6.04 Å². The molecule has 8 heteroatoms. The van der Waals surface area contributed by atoms with Crippen LogP contribution in [-0.2, 0) is 16.0 Å². The van der Waals surface area contributed by atoms with Crippen molar-refractivity contribution in [1.29, 1.82) is 0 Å². The van der Waals surface area contributed by atoms with Crippen LogP contribution >= 0.6 is 12.2 Å². The lowest BCUT2D eigenvalue weighted by atomic mass is 10.1. The Hall–Kier alpha value is -3.65. The lowest BCUT2D eigenvalue weighted by molar-refractivity contribution is -0.130. The number of rotatable bonds is 6. The van der Waals surface area contributed by atoms with Gasteiger partial charge in [-0.25, -0.2) is 0 Å². The molecule has 2 amide bonds. The van der Waals surface area contributed by atoms with E-state index >= 15 is 0 Å². The molecule has 32 heavy (non-hydrogen) atoms. The molecular formula is C24H23N5O2S. The second-order valence-corrected chi connectivity index (χ2v) is 8.40. The van der Waals surface area contributed by atoms with Gasteiger partial charge in [0.25, 0.3) is 5.91 Å². The van der Waals surface area contributed by atoms with Crippen LogP contribution in [0.2, 0.25) is 0 Å². The molecule has 0 radical (unpaired) electrons. The minimum Gasteiger partial charge on any atom is -0.361 e. The Morgan fingerprint density at radius 2 is 1.97 bits per heavy atom. The van der Waals surface area contributed by atoms with E-state index in [9.17, 15) is 9.59 Å². The Balaban J connectivity index is 1.29. The molecule has 1 aliphatic heterocycles. The summed E-state index contributed by atoms with van der Waals surface area (Å²) in [4.78, 5) is 35.4. The molecular weight excluding hydrogens is 422 g/mol. The van der Waals surface area contributed by atoms with Crippen molar-refractivity contribution in [2.45, 2.75) is 18.9 Å². The normalized spacial score (nSPS) is 16.5. The lowest BCUT2D eigenvalue weighted by Gasteiger charge is -2.23. The third kappa shape index (κ3) is 3.62. The summed E-state index contributed by atoms with van der Waals surface area (Å²) in [7, 11) is 1.67. The van der Waals surface area contributed by atoms with Gasteiger partial charge in [-0.3, -0.25) is 14.5 Å². The van der Waals surface area contributed by atoms with Gasteiger partial charge in [-0.2, -0.15) is 0 Å². The number of nitrogens with one attached hydrogen (secondary N) is 3. The van der Waals surface area contributed by atoms with Gasteiger partial charge in [0.05, 0.1) is 6.42 Å². The zero-order chi connectivity index (χ0) is 22.2. The van der Waals surface area contributed by atoms with Gasteiger partial charge in [0.2, 0.25) is 5.91 Å². The van der Waals surface area contributed by atoms with Crippen LogP contribution in [0.1, 0.15) is 12.0 Å². The molecule has 0 bridgehead atoms. The van der Waals surface area contributed by atoms with Crippen molar-refractivity contribution in [2.24, 2.45) is 0 Å². The van der Waals surface area contributed by atoms with E-state index in [1.807, 2.05) is 59.8 Å². The number of likely N-dealkylation sites (N-methyl/N-ethyl adjacent to an activating group) is 1. The van der Waals surface area contributed by atoms with E-state index < -0.39 is 6.04 Å². The van der Waals surface area contributed by atoms with E-state index in [-0.39, 0.29) is 18.2 Å². The van der Waals surface area contributed by atoms with Crippen LogP contribution in [0.3, 0.4) is 0 Å². The van der Waals surface area contributed by atoms with E-state index in [4.69, 9.17) is 12.2 Å². The second kappa shape index (κ2) is 8.12. The number of amides is 2. The molecule has 2 aromatic heterocycles. The quantitative estimate of drug-likeness (QED) is 0.396. The summed E-state index contributed by atoms with van der Waals surface area (Å²) >= 11 is 5.52. The number of thiocarbonyl (C=S) groups is 1. The number of nitrogens with zero attached hydrogens (tertiary/aromatic N) is 2. The second-order valence-electron chi connectivity index (χ2n) is 8.03. The average Bonchev–Trinajstić information content (AvgIpc) is 3.47. The first-order valence-electron chi connectivity index (χ1n) is 10.5. The maximum Gasteiger partial charge on any atom is 0.251 e. The predicted molar refractivity (Wildman–Crippen MR) is 129 cm³/mol. The molecule has 1 atom stereocenters. The van der Waals surface area contributed by atoms with Gasteiger partial charge in [0.15, 0.2) is 5.11 Å². The first kappa shape index (κ1) is 20.3. The van der Waals surface area contributed by atoms with Crippen molar-refractivity contribution in [1.82, 2.24) is 19.8 Å². The van der Waals surface area contributed by atoms with Crippen molar-refractivity contribution < 1.29 is 9.59 Å². The number of H-pyrrole nitrogens is 2. The Morgan fingerprint density at radius 1 is 1.12 bits per heavy atom. The first-order valence-corrected chi connectivity index (χ1v) is 10.9. The Bertz CT molecular complexity index is 1340. The zero-order valence-corrected chi connectivity index (χ0v) is 18.4. The highest BCUT2D eigenvalue weighted by Crippen LogP contribution is 2.24. The van der Waals surface area contributed by atoms with Crippen molar-refractivity contribution in [3.8, 4) is 0 Å². The number of carbonyl (C=O) groups excluding carboxylic acids is 2. The Morgan fingerprint density at radius 3 is 2.84 bits per heavy atom. The van der Waals surface area contributed by atoms with Crippen molar-refractivity contribution in [3.05, 3.63) is 66.5 Å². The van der Waals surface area contributed by atoms with Gasteiger partial charge < -0.3 is 20.2 Å². The van der Waals surface area contributed by atoms with Crippen LogP contribution in [0.25, 0.3) is 21.8 Å². The zero-order valence-electron chi connectivity index (χ0n) is 17.6. The molecule has 1 saturated heterocycles. The number of hydrogen-bond acceptors (Lipinski definition) is 3. The molecule has 0 aliphatic carbocycles. The Labute approximate surface area is 190 Å². The van der Waals surface area contributed by atoms with Gasteiger partial charge >= 0.3 is 0 Å². The standard InChI is InChI=1S/C24H23N5O2S/c1-28-23(31)21(13-22(30)27-17-7-6-15-8-10-25-20(15)12-17)29(24(28)32)11-9-16-14-26-19-5-3-2-4-18(16)19/h2-8,10,12,14,21,25-26H,9,11,13H2,1H3,(H,27,30). The maximum absolute atomic E-state index is 12.8. The van der Waals surface area contributed by atoms with Crippen LogP contribution in [-0.4, -0.2) is 56.3 Å². The monoisotopic (exact) mass is 445 g/mol. The number of fused-ring (bicyclic) bond motifs is 2. The summed E-state index contributed by atoms with van der Waals surface area (Å²) < 4.78 is 0. The minimum atomic E-state index is -0.605. The SMILES string of the molecule is CN1C(=O)C(CC(=O)Nc2ccc3cc[nH]c3c2)N(CCc2c[nH]c3ccccc23)C1=S. The largest absolute Gasteiger partial charge is 0.361 e. The highest BCUT2D eigenvalue weighted by molar-refractivity contribution is 7.80. The molecule has 4 aromatic rings. The molecule has 162 valence electrons. The molecule has 3 heterocycles. The van der Waals surface area contributed by atoms with Crippen molar-refractivity contribution in [2.75, 3.05) is 18.9 Å². The number of aromatic nitrogens is 2. The lowest BCUT2D eigenvalue weighted by Crippen LogP contribution is -2.39. The molecule has 7 nitrogen and oxygen atoms in total. The molecule has 0 spiro atoms. The third-order valence-electron chi connectivity index (χ3n) is 6.04. The summed E-state index contributed by atoms with van der Waals surface area (Å²) in [6.45, 7) is 0.559. The van der Waals surface area contributed by atoms with Crippen LogP contribution in [0.15, 0.2) is 60.9 Å². The maximum atomic E-state index is 12.8. The fourth-order valence-corrected chi connectivity index (χ4v) is 4.63. The van der Waals surface area contributed by atoms with Crippen LogP contribution in [0.5, 0.6) is 0 Å². The van der Waals surface area contributed by atoms with Crippen molar-refractivity contribution >= 4 is 56.6 Å². The third-order valence-corrected chi connectivity index (χ3v) is 6.55. The molecule has 1 fully saturated rings. The Kier molecular flexibility index (Phi) is 5.14. The van der Waals surface area contributed by atoms with E-state index in [0.29, 0.717) is 23.8 Å². The molecule has 0 saturated carbocycles. The van der Waals surface area contributed by atoms with Gasteiger partial charge in [0, 0.05) is 48.1 Å². The topological polar surface area (TPSA) is 84.2 Å². The number of aromatic amines is 2. The number of anilines is 1. The van der Waals surface area contributed by atoms with Crippen LogP contribution < -0.4 is 5.32 Å². The molecule has 5 rings (SSSR count). The van der Waals surface area contributed by atoms with Crippen molar-refractivity contribution in [3.63, 3.8) is 0 Å². The summed E-state index contributed by atoms with van der Waals surface area (Å²) in [5.41, 5.74) is 3.88. The van der Waals surface area contributed by atoms with Gasteiger partial charge in [-0.1, -0.05) is 24.3 Å². The summed E-state index contributed by atoms with van der Waals surface area (Å²) in [6, 6.07) is 15.2. The fraction of sp³-hybridized carbons (Fsp3) is 0.208. The van der Waals surface area contributed by atoms with E-state index in [0.717, 1.165) is 27.4 Å². The van der Waals surface area contributed by atoms with E-state index in [1.54, 1.807) is 7.05 Å². The molecule has 2 aromatic carbocycles. The first-order chi connectivity index (χ1) is 15.5. The number of benzene rings is 2. The summed E-state index contributed by atoms with van der Waals surface area (Å²) in [5, 5.41) is 5.60. The highest BCUT2D eigenvalue weighted by atomic mass is 32.1. The van der Waals surface area contributed by atoms with E-state index in [2.05, 4.69) is 21.4 Å². The predicted octanol–water partition coefficient (Wildman–Crippen LogP) is 3.65. The van der Waals surface area contributed by atoms with Gasteiger partial charge in [-0.05, 0) is 53.9 Å². The average molecular weight is 446 g/mol. The molecule has 1 aliphatic rings.